The zero-order valence-electron chi connectivity index (χ0n) is 13.5. The molecule has 0 amide bonds. The molecule has 2 fully saturated rings. The van der Waals surface area contributed by atoms with Gasteiger partial charge in [-0.1, -0.05) is 53.7 Å². The van der Waals surface area contributed by atoms with E-state index in [0.717, 1.165) is 13.2 Å². The summed E-state index contributed by atoms with van der Waals surface area (Å²) in [7, 11) is 0. The van der Waals surface area contributed by atoms with Gasteiger partial charge in [0.25, 0.3) is 0 Å². The van der Waals surface area contributed by atoms with Crippen molar-refractivity contribution >= 4 is 0 Å². The van der Waals surface area contributed by atoms with Crippen molar-refractivity contribution < 1.29 is 9.47 Å². The van der Waals surface area contributed by atoms with Gasteiger partial charge in [0, 0.05) is 0 Å². The second-order valence-electron chi connectivity index (χ2n) is 8.17. The Morgan fingerprint density at radius 2 is 1.05 bits per heavy atom. The third-order valence-electron chi connectivity index (χ3n) is 4.20. The largest absolute Gasteiger partial charge is 0.368 e. The van der Waals surface area contributed by atoms with Crippen LogP contribution in [0.1, 0.15) is 76.0 Å². The highest BCUT2D eigenvalue weighted by Crippen LogP contribution is 2.45. The first-order chi connectivity index (χ1) is 9.18. The fourth-order valence-electron chi connectivity index (χ4n) is 2.92. The van der Waals surface area contributed by atoms with Crippen LogP contribution in [0.15, 0.2) is 12.1 Å². The lowest BCUT2D eigenvalue weighted by Crippen LogP contribution is -2.20. The third kappa shape index (κ3) is 2.64. The third-order valence-corrected chi connectivity index (χ3v) is 4.20. The normalized spacial score (nSPS) is 25.7. The summed E-state index contributed by atoms with van der Waals surface area (Å²) >= 11 is 0. The Kier molecular flexibility index (Phi) is 3.04. The highest BCUT2D eigenvalue weighted by atomic mass is 16.6. The zero-order valence-corrected chi connectivity index (χ0v) is 13.5. The van der Waals surface area contributed by atoms with Gasteiger partial charge in [-0.2, -0.15) is 0 Å². The summed E-state index contributed by atoms with van der Waals surface area (Å²) < 4.78 is 11.2. The molecule has 2 saturated heterocycles. The van der Waals surface area contributed by atoms with Gasteiger partial charge in [-0.05, 0) is 33.1 Å². The number of ether oxygens (including phenoxy) is 2. The van der Waals surface area contributed by atoms with Gasteiger partial charge in [-0.15, -0.1) is 0 Å². The topological polar surface area (TPSA) is 25.1 Å². The summed E-state index contributed by atoms with van der Waals surface area (Å²) in [5.74, 6) is 0. The van der Waals surface area contributed by atoms with Crippen molar-refractivity contribution in [2.45, 2.75) is 64.6 Å². The SMILES string of the molecule is CC(C)(C)c1cc(C2CO2)c(C(C)(C)C)cc1C1CO1. The minimum absolute atomic E-state index is 0.140. The van der Waals surface area contributed by atoms with Gasteiger partial charge in [-0.3, -0.25) is 0 Å². The Morgan fingerprint density at radius 1 is 0.750 bits per heavy atom. The van der Waals surface area contributed by atoms with E-state index in [1.807, 2.05) is 0 Å². The summed E-state index contributed by atoms with van der Waals surface area (Å²) in [6.07, 6.45) is 0.610. The van der Waals surface area contributed by atoms with Crippen LogP contribution in [0.3, 0.4) is 0 Å². The van der Waals surface area contributed by atoms with Crippen molar-refractivity contribution in [3.05, 3.63) is 34.4 Å². The van der Waals surface area contributed by atoms with Crippen molar-refractivity contribution in [1.82, 2.24) is 0 Å². The first-order valence-electron chi connectivity index (χ1n) is 7.60. The van der Waals surface area contributed by atoms with Gasteiger partial charge in [0.05, 0.1) is 13.2 Å². The Hall–Kier alpha value is -0.860. The number of rotatable bonds is 2. The van der Waals surface area contributed by atoms with Crippen LogP contribution in [0.25, 0.3) is 0 Å². The van der Waals surface area contributed by atoms with Crippen LogP contribution < -0.4 is 0 Å². The molecule has 0 N–H and O–H groups in total. The maximum Gasteiger partial charge on any atom is 0.106 e. The van der Waals surface area contributed by atoms with E-state index >= 15 is 0 Å². The predicted molar refractivity (Wildman–Crippen MR) is 81.2 cm³/mol. The second kappa shape index (κ2) is 4.32. The first kappa shape index (κ1) is 14.1. The monoisotopic (exact) mass is 274 g/mol. The maximum absolute atomic E-state index is 5.58. The molecule has 1 aromatic rings. The number of hydrogen-bond donors (Lipinski definition) is 0. The van der Waals surface area contributed by atoms with Gasteiger partial charge in [-0.25, -0.2) is 0 Å². The Labute approximate surface area is 122 Å². The minimum Gasteiger partial charge on any atom is -0.368 e. The maximum atomic E-state index is 5.58. The van der Waals surface area contributed by atoms with E-state index in [9.17, 15) is 0 Å². The molecule has 3 rings (SSSR count). The van der Waals surface area contributed by atoms with E-state index in [1.54, 1.807) is 0 Å². The Balaban J connectivity index is 2.18. The van der Waals surface area contributed by atoms with Crippen molar-refractivity contribution in [1.29, 1.82) is 0 Å². The molecule has 0 aromatic heterocycles. The van der Waals surface area contributed by atoms with Crippen LogP contribution in [0.5, 0.6) is 0 Å². The molecule has 2 atom stereocenters. The average Bonchev–Trinajstić information content (AvgIpc) is 3.15. The van der Waals surface area contributed by atoms with Crippen LogP contribution >= 0.6 is 0 Å². The summed E-state index contributed by atoms with van der Waals surface area (Å²) in [5, 5.41) is 0. The molecule has 20 heavy (non-hydrogen) atoms. The number of benzene rings is 1. The standard InChI is InChI=1S/C18H26O2/c1-17(2,3)13-7-12(16-10-20-16)14(18(4,5)6)8-11(13)15-9-19-15/h7-8,15-16H,9-10H2,1-6H3. The van der Waals surface area contributed by atoms with Crippen LogP contribution in [0.2, 0.25) is 0 Å². The molecule has 2 aliphatic rings. The van der Waals surface area contributed by atoms with Crippen LogP contribution in [-0.2, 0) is 20.3 Å². The summed E-state index contributed by atoms with van der Waals surface area (Å²) in [4.78, 5) is 0. The van der Waals surface area contributed by atoms with E-state index in [1.165, 1.54) is 22.3 Å². The molecular weight excluding hydrogens is 248 g/mol. The predicted octanol–water partition coefficient (Wildman–Crippen LogP) is 4.42. The van der Waals surface area contributed by atoms with E-state index in [2.05, 4.69) is 53.7 Å². The van der Waals surface area contributed by atoms with Crippen LogP contribution in [0, 0.1) is 0 Å². The number of hydrogen-bond acceptors (Lipinski definition) is 2. The highest BCUT2D eigenvalue weighted by Gasteiger charge is 2.37. The molecule has 2 aliphatic heterocycles. The van der Waals surface area contributed by atoms with Crippen molar-refractivity contribution in [3.8, 4) is 0 Å². The van der Waals surface area contributed by atoms with Gasteiger partial charge < -0.3 is 9.47 Å². The van der Waals surface area contributed by atoms with E-state index < -0.39 is 0 Å². The van der Waals surface area contributed by atoms with Gasteiger partial charge >= 0.3 is 0 Å². The second-order valence-corrected chi connectivity index (χ2v) is 8.17. The molecule has 0 bridgehead atoms. The molecule has 2 unspecified atom stereocenters. The first-order valence-corrected chi connectivity index (χ1v) is 7.60. The van der Waals surface area contributed by atoms with E-state index in [0.29, 0.717) is 12.2 Å². The fourth-order valence-corrected chi connectivity index (χ4v) is 2.92. The Morgan fingerprint density at radius 3 is 1.25 bits per heavy atom. The highest BCUT2D eigenvalue weighted by molar-refractivity contribution is 5.48. The summed E-state index contributed by atoms with van der Waals surface area (Å²) in [6, 6.07) is 4.77. The molecule has 110 valence electrons. The van der Waals surface area contributed by atoms with Crippen LogP contribution in [-0.4, -0.2) is 13.2 Å². The number of epoxide rings is 2. The minimum atomic E-state index is 0.140. The lowest BCUT2D eigenvalue weighted by atomic mass is 9.75. The molecule has 0 radical (unpaired) electrons. The summed E-state index contributed by atoms with van der Waals surface area (Å²) in [6.45, 7) is 15.4. The molecule has 0 saturated carbocycles. The smallest absolute Gasteiger partial charge is 0.106 e. The fraction of sp³-hybridized carbons (Fsp3) is 0.667. The zero-order chi connectivity index (χ0) is 14.7. The van der Waals surface area contributed by atoms with Gasteiger partial charge in [0.2, 0.25) is 0 Å². The van der Waals surface area contributed by atoms with Gasteiger partial charge in [0.15, 0.2) is 0 Å². The van der Waals surface area contributed by atoms with Crippen molar-refractivity contribution in [3.63, 3.8) is 0 Å². The lowest BCUT2D eigenvalue weighted by molar-refractivity contribution is 0.404. The summed E-state index contributed by atoms with van der Waals surface area (Å²) in [5.41, 5.74) is 5.87. The Bertz CT molecular complexity index is 474. The van der Waals surface area contributed by atoms with Crippen LogP contribution in [0.4, 0.5) is 0 Å². The molecular formula is C18H26O2. The molecule has 2 heteroatoms. The van der Waals surface area contributed by atoms with Crippen molar-refractivity contribution in [2.75, 3.05) is 13.2 Å². The van der Waals surface area contributed by atoms with E-state index in [4.69, 9.17) is 9.47 Å². The van der Waals surface area contributed by atoms with E-state index in [-0.39, 0.29) is 10.8 Å². The molecule has 2 heterocycles. The molecule has 0 spiro atoms. The quantitative estimate of drug-likeness (QED) is 0.746. The van der Waals surface area contributed by atoms with Gasteiger partial charge in [0.1, 0.15) is 12.2 Å². The van der Waals surface area contributed by atoms with Crippen molar-refractivity contribution in [2.24, 2.45) is 0 Å². The lowest BCUT2D eigenvalue weighted by Gasteiger charge is -2.29. The molecule has 2 nitrogen and oxygen atoms in total. The molecule has 1 aromatic carbocycles. The average molecular weight is 274 g/mol. The molecule has 0 aliphatic carbocycles.